The number of piperazine rings is 1. The van der Waals surface area contributed by atoms with Gasteiger partial charge in [-0.2, -0.15) is 0 Å². The molecule has 0 spiro atoms. The molecule has 1 aliphatic heterocycles. The van der Waals surface area contributed by atoms with Crippen LogP contribution in [0.2, 0.25) is 10.0 Å². The second kappa shape index (κ2) is 5.65. The summed E-state index contributed by atoms with van der Waals surface area (Å²) >= 11 is 11.6. The van der Waals surface area contributed by atoms with E-state index in [1.54, 1.807) is 4.90 Å². The molecule has 2 atom stereocenters. The van der Waals surface area contributed by atoms with E-state index in [1.165, 1.54) is 6.07 Å². The fraction of sp³-hybridized carbons (Fsp3) is 0.462. The second-order valence-electron chi connectivity index (χ2n) is 4.73. The van der Waals surface area contributed by atoms with Gasteiger partial charge in [0.1, 0.15) is 5.82 Å². The zero-order valence-electron chi connectivity index (χ0n) is 10.7. The summed E-state index contributed by atoms with van der Waals surface area (Å²) < 4.78 is 13.5. The van der Waals surface area contributed by atoms with Crippen molar-refractivity contribution in [2.75, 3.05) is 13.1 Å². The number of halogens is 3. The monoisotopic (exact) mass is 304 g/mol. The molecule has 3 nitrogen and oxygen atoms in total. The normalized spacial score (nSPS) is 23.5. The molecular weight excluding hydrogens is 290 g/mol. The van der Waals surface area contributed by atoms with Gasteiger partial charge < -0.3 is 10.2 Å². The van der Waals surface area contributed by atoms with Gasteiger partial charge in [0.05, 0.1) is 15.6 Å². The zero-order chi connectivity index (χ0) is 14.2. The fourth-order valence-corrected chi connectivity index (χ4v) is 2.65. The Morgan fingerprint density at radius 1 is 1.37 bits per heavy atom. The molecule has 0 radical (unpaired) electrons. The van der Waals surface area contributed by atoms with E-state index in [4.69, 9.17) is 23.2 Å². The molecule has 6 heteroatoms. The van der Waals surface area contributed by atoms with Crippen molar-refractivity contribution in [1.29, 1.82) is 0 Å². The third-order valence-corrected chi connectivity index (χ3v) is 4.14. The van der Waals surface area contributed by atoms with Crippen molar-refractivity contribution in [1.82, 2.24) is 10.2 Å². The number of amides is 1. The maximum Gasteiger partial charge on any atom is 0.255 e. The van der Waals surface area contributed by atoms with Gasteiger partial charge in [-0.25, -0.2) is 4.39 Å². The van der Waals surface area contributed by atoms with Crippen LogP contribution in [-0.4, -0.2) is 36.0 Å². The summed E-state index contributed by atoms with van der Waals surface area (Å²) in [6.45, 7) is 5.25. The first-order valence-electron chi connectivity index (χ1n) is 6.10. The van der Waals surface area contributed by atoms with E-state index in [0.29, 0.717) is 13.1 Å². The third-order valence-electron chi connectivity index (χ3n) is 3.54. The Morgan fingerprint density at radius 2 is 2.05 bits per heavy atom. The Hall–Kier alpha value is -0.840. The summed E-state index contributed by atoms with van der Waals surface area (Å²) in [5.74, 6) is -0.897. The Morgan fingerprint density at radius 3 is 2.74 bits per heavy atom. The van der Waals surface area contributed by atoms with Crippen LogP contribution in [0.1, 0.15) is 24.2 Å². The summed E-state index contributed by atoms with van der Waals surface area (Å²) in [6.07, 6.45) is 0. The SMILES string of the molecule is CC1NCCN(C(=O)c2cc(F)c(Cl)cc2Cl)C1C. The molecule has 1 heterocycles. The van der Waals surface area contributed by atoms with Crippen LogP contribution >= 0.6 is 23.2 Å². The van der Waals surface area contributed by atoms with Gasteiger partial charge in [0.2, 0.25) is 0 Å². The fourth-order valence-electron chi connectivity index (χ4n) is 2.18. The highest BCUT2D eigenvalue weighted by atomic mass is 35.5. The van der Waals surface area contributed by atoms with Crippen LogP contribution in [0.4, 0.5) is 4.39 Å². The molecule has 104 valence electrons. The summed E-state index contributed by atoms with van der Waals surface area (Å²) in [5.41, 5.74) is 0.157. The Bertz CT molecular complexity index is 510. The number of carbonyl (C=O) groups excluding carboxylic acids is 1. The second-order valence-corrected chi connectivity index (χ2v) is 5.54. The number of nitrogens with zero attached hydrogens (tertiary/aromatic N) is 1. The van der Waals surface area contributed by atoms with Crippen molar-refractivity contribution in [3.8, 4) is 0 Å². The van der Waals surface area contributed by atoms with Crippen molar-refractivity contribution in [2.24, 2.45) is 0 Å². The highest BCUT2D eigenvalue weighted by Crippen LogP contribution is 2.26. The van der Waals surface area contributed by atoms with Crippen LogP contribution in [0.5, 0.6) is 0 Å². The first kappa shape index (κ1) is 14.6. The first-order valence-corrected chi connectivity index (χ1v) is 6.86. The van der Waals surface area contributed by atoms with Crippen molar-refractivity contribution < 1.29 is 9.18 Å². The highest BCUT2D eigenvalue weighted by molar-refractivity contribution is 6.36. The van der Waals surface area contributed by atoms with Crippen LogP contribution in [0.25, 0.3) is 0 Å². The maximum absolute atomic E-state index is 13.5. The minimum absolute atomic E-state index is 0.0241. The molecule has 1 aromatic carbocycles. The predicted octanol–water partition coefficient (Wildman–Crippen LogP) is 2.95. The Labute approximate surface area is 121 Å². The van der Waals surface area contributed by atoms with E-state index < -0.39 is 5.82 Å². The van der Waals surface area contributed by atoms with Gasteiger partial charge in [-0.05, 0) is 26.0 Å². The van der Waals surface area contributed by atoms with Gasteiger partial charge in [0, 0.05) is 25.2 Å². The van der Waals surface area contributed by atoms with E-state index >= 15 is 0 Å². The number of carbonyl (C=O) groups is 1. The molecule has 1 saturated heterocycles. The molecule has 1 N–H and O–H groups in total. The summed E-state index contributed by atoms with van der Waals surface area (Å²) in [4.78, 5) is 14.1. The quantitative estimate of drug-likeness (QED) is 0.809. The molecular formula is C13H15Cl2FN2O. The summed E-state index contributed by atoms with van der Waals surface area (Å²) in [5, 5.41) is 3.38. The zero-order valence-corrected chi connectivity index (χ0v) is 12.2. The molecule has 2 rings (SSSR count). The summed E-state index contributed by atoms with van der Waals surface area (Å²) in [7, 11) is 0. The van der Waals surface area contributed by atoms with Gasteiger partial charge in [-0.15, -0.1) is 0 Å². The van der Waals surface area contributed by atoms with Crippen LogP contribution in [-0.2, 0) is 0 Å². The molecule has 0 saturated carbocycles. The molecule has 1 aliphatic rings. The Kier molecular flexibility index (Phi) is 4.33. The molecule has 1 amide bonds. The number of nitrogens with one attached hydrogen (secondary N) is 1. The molecule has 1 aromatic rings. The summed E-state index contributed by atoms with van der Waals surface area (Å²) in [6, 6.07) is 2.58. The van der Waals surface area contributed by atoms with E-state index in [2.05, 4.69) is 5.32 Å². The lowest BCUT2D eigenvalue weighted by atomic mass is 10.1. The molecule has 0 bridgehead atoms. The largest absolute Gasteiger partial charge is 0.333 e. The molecule has 2 unspecified atom stereocenters. The van der Waals surface area contributed by atoms with Gasteiger partial charge in [0.15, 0.2) is 0 Å². The van der Waals surface area contributed by atoms with Crippen LogP contribution in [0.3, 0.4) is 0 Å². The maximum atomic E-state index is 13.5. The predicted molar refractivity (Wildman–Crippen MR) is 74.4 cm³/mol. The minimum Gasteiger partial charge on any atom is -0.333 e. The average molecular weight is 305 g/mol. The number of hydrogen-bond acceptors (Lipinski definition) is 2. The standard InChI is InChI=1S/C13H15Cl2FN2O/c1-7-8(2)18(4-3-17-7)13(19)9-5-12(16)11(15)6-10(9)14/h5-8,17H,3-4H2,1-2H3. The number of benzene rings is 1. The number of rotatable bonds is 1. The molecule has 0 aliphatic carbocycles. The topological polar surface area (TPSA) is 32.3 Å². The smallest absolute Gasteiger partial charge is 0.255 e. The first-order chi connectivity index (χ1) is 8.91. The average Bonchev–Trinajstić information content (AvgIpc) is 2.36. The minimum atomic E-state index is -0.634. The van der Waals surface area contributed by atoms with Crippen LogP contribution in [0, 0.1) is 5.82 Å². The molecule has 19 heavy (non-hydrogen) atoms. The molecule has 1 fully saturated rings. The van der Waals surface area contributed by atoms with E-state index in [0.717, 1.165) is 6.07 Å². The lowest BCUT2D eigenvalue weighted by Gasteiger charge is -2.38. The third kappa shape index (κ3) is 2.86. The van der Waals surface area contributed by atoms with Crippen molar-refractivity contribution in [2.45, 2.75) is 25.9 Å². The highest BCUT2D eigenvalue weighted by Gasteiger charge is 2.30. The van der Waals surface area contributed by atoms with E-state index in [9.17, 15) is 9.18 Å². The van der Waals surface area contributed by atoms with Gasteiger partial charge in [-0.3, -0.25) is 4.79 Å². The van der Waals surface area contributed by atoms with Gasteiger partial charge >= 0.3 is 0 Å². The van der Waals surface area contributed by atoms with Crippen LogP contribution < -0.4 is 5.32 Å². The van der Waals surface area contributed by atoms with Crippen molar-refractivity contribution in [3.05, 3.63) is 33.6 Å². The van der Waals surface area contributed by atoms with Crippen molar-refractivity contribution in [3.63, 3.8) is 0 Å². The van der Waals surface area contributed by atoms with E-state index in [1.807, 2.05) is 13.8 Å². The Balaban J connectivity index is 2.31. The number of hydrogen-bond donors (Lipinski definition) is 1. The lowest BCUT2D eigenvalue weighted by Crippen LogP contribution is -2.57. The van der Waals surface area contributed by atoms with Crippen molar-refractivity contribution >= 4 is 29.1 Å². The van der Waals surface area contributed by atoms with Crippen LogP contribution in [0.15, 0.2) is 12.1 Å². The van der Waals surface area contributed by atoms with Gasteiger partial charge in [-0.1, -0.05) is 23.2 Å². The molecule has 0 aromatic heterocycles. The van der Waals surface area contributed by atoms with Gasteiger partial charge in [0.25, 0.3) is 5.91 Å². The van der Waals surface area contributed by atoms with E-state index in [-0.39, 0.29) is 33.6 Å². The lowest BCUT2D eigenvalue weighted by molar-refractivity contribution is 0.0602.